The zero-order chi connectivity index (χ0) is 15.2. The Kier molecular flexibility index (Phi) is 5.63. The van der Waals surface area contributed by atoms with E-state index in [1.165, 1.54) is 6.07 Å². The van der Waals surface area contributed by atoms with E-state index < -0.39 is 0 Å². The number of halogens is 2. The number of benzene rings is 1. The average molecular weight is 307 g/mol. The van der Waals surface area contributed by atoms with Gasteiger partial charge in [-0.2, -0.15) is 0 Å². The smallest absolute Gasteiger partial charge is 0.134 e. The number of ether oxygens (including phenoxy) is 1. The Morgan fingerprint density at radius 1 is 1.29 bits per heavy atom. The van der Waals surface area contributed by atoms with Gasteiger partial charge in [-0.3, -0.25) is 0 Å². The highest BCUT2D eigenvalue weighted by Crippen LogP contribution is 2.35. The van der Waals surface area contributed by atoms with Gasteiger partial charge < -0.3 is 4.74 Å². The quantitative estimate of drug-likeness (QED) is 0.619. The van der Waals surface area contributed by atoms with Crippen molar-refractivity contribution < 1.29 is 9.13 Å². The first kappa shape index (κ1) is 15.8. The molecule has 3 heteroatoms. The zero-order valence-corrected chi connectivity index (χ0v) is 13.2. The average Bonchev–Trinajstić information content (AvgIpc) is 2.62. The van der Waals surface area contributed by atoms with Crippen molar-refractivity contribution in [1.82, 2.24) is 0 Å². The van der Waals surface area contributed by atoms with Gasteiger partial charge in [0.25, 0.3) is 0 Å². The first-order valence-corrected chi connectivity index (χ1v) is 7.66. The minimum atomic E-state index is -0.269. The molecule has 112 valence electrons. The number of hydrogen-bond donors (Lipinski definition) is 0. The number of allylic oxidation sites excluding steroid dienone is 6. The molecule has 0 N–H and O–H groups in total. The highest BCUT2D eigenvalue weighted by atomic mass is 35.5. The maximum Gasteiger partial charge on any atom is 0.134 e. The predicted octanol–water partition coefficient (Wildman–Crippen LogP) is 5.86. The lowest BCUT2D eigenvalue weighted by Crippen LogP contribution is -2.02. The molecule has 0 saturated carbocycles. The normalized spacial score (nSPS) is 15.0. The minimum Gasteiger partial charge on any atom is -0.493 e. The molecule has 0 saturated heterocycles. The summed E-state index contributed by atoms with van der Waals surface area (Å²) in [5.74, 6) is 0.322. The molecule has 1 aliphatic carbocycles. The highest BCUT2D eigenvalue weighted by molar-refractivity contribution is 6.30. The topological polar surface area (TPSA) is 9.23 Å². The van der Waals surface area contributed by atoms with Crippen LogP contribution in [0.5, 0.6) is 5.75 Å². The summed E-state index contributed by atoms with van der Waals surface area (Å²) in [6, 6.07) is 4.96. The van der Waals surface area contributed by atoms with E-state index in [0.717, 1.165) is 29.0 Å². The van der Waals surface area contributed by atoms with Gasteiger partial charge in [-0.25, -0.2) is 4.39 Å². The van der Waals surface area contributed by atoms with E-state index in [1.54, 1.807) is 6.07 Å². The van der Waals surface area contributed by atoms with E-state index in [-0.39, 0.29) is 5.82 Å². The molecular weight excluding hydrogens is 287 g/mol. The molecule has 0 bridgehead atoms. The summed E-state index contributed by atoms with van der Waals surface area (Å²) >= 11 is 6.07. The molecule has 0 fully saturated rings. The number of rotatable bonds is 5. The summed E-state index contributed by atoms with van der Waals surface area (Å²) in [4.78, 5) is 0. The maximum absolute atomic E-state index is 14.3. The Morgan fingerprint density at radius 2 is 2.10 bits per heavy atom. The largest absolute Gasteiger partial charge is 0.493 e. The molecule has 1 nitrogen and oxygen atoms in total. The lowest BCUT2D eigenvalue weighted by atomic mass is 9.97. The lowest BCUT2D eigenvalue weighted by molar-refractivity contribution is 0.307. The van der Waals surface area contributed by atoms with Crippen LogP contribution in [0.1, 0.15) is 38.7 Å². The summed E-state index contributed by atoms with van der Waals surface area (Å²) in [6.07, 6.45) is 8.38. The second-order valence-corrected chi connectivity index (χ2v) is 5.59. The van der Waals surface area contributed by atoms with Crippen molar-refractivity contribution in [1.29, 1.82) is 0 Å². The molecule has 1 aromatic carbocycles. The van der Waals surface area contributed by atoms with Gasteiger partial charge in [-0.15, -0.1) is 0 Å². The fourth-order valence-corrected chi connectivity index (χ4v) is 2.37. The first-order chi connectivity index (χ1) is 10.1. The second kappa shape index (κ2) is 7.46. The Hall–Kier alpha value is -1.54. The molecule has 0 aromatic heterocycles. The SMILES string of the molecule is CCCCOc1cccc(F)c1C1=CC=C(Cl)CC=C1C. The van der Waals surface area contributed by atoms with Crippen molar-refractivity contribution in [2.45, 2.75) is 33.1 Å². The van der Waals surface area contributed by atoms with Crippen LogP contribution >= 0.6 is 11.6 Å². The molecule has 0 heterocycles. The Morgan fingerprint density at radius 3 is 2.86 bits per heavy atom. The van der Waals surface area contributed by atoms with E-state index >= 15 is 0 Å². The van der Waals surface area contributed by atoms with Crippen molar-refractivity contribution in [2.75, 3.05) is 6.61 Å². The Balaban J connectivity index is 2.42. The third-order valence-corrected chi connectivity index (χ3v) is 3.74. The number of unbranched alkanes of at least 4 members (excludes halogenated alkanes) is 1. The molecule has 0 spiro atoms. The maximum atomic E-state index is 14.3. The van der Waals surface area contributed by atoms with Crippen molar-refractivity contribution in [3.8, 4) is 5.75 Å². The van der Waals surface area contributed by atoms with Crippen LogP contribution in [-0.4, -0.2) is 6.61 Å². The van der Waals surface area contributed by atoms with Crippen LogP contribution in [0.2, 0.25) is 0 Å². The Labute approximate surface area is 130 Å². The molecule has 0 radical (unpaired) electrons. The van der Waals surface area contributed by atoms with E-state index in [9.17, 15) is 4.39 Å². The van der Waals surface area contributed by atoms with Gasteiger partial charge in [0.05, 0.1) is 12.2 Å². The molecule has 0 aliphatic heterocycles. The summed E-state index contributed by atoms with van der Waals surface area (Å²) in [6.45, 7) is 4.67. The van der Waals surface area contributed by atoms with Crippen LogP contribution in [0.4, 0.5) is 4.39 Å². The number of hydrogen-bond acceptors (Lipinski definition) is 1. The monoisotopic (exact) mass is 306 g/mol. The van der Waals surface area contributed by atoms with Crippen molar-refractivity contribution in [3.63, 3.8) is 0 Å². The van der Waals surface area contributed by atoms with Crippen LogP contribution in [-0.2, 0) is 0 Å². The van der Waals surface area contributed by atoms with Crippen LogP contribution in [0.25, 0.3) is 5.57 Å². The van der Waals surface area contributed by atoms with E-state index in [2.05, 4.69) is 6.92 Å². The van der Waals surface area contributed by atoms with Gasteiger partial charge >= 0.3 is 0 Å². The molecule has 0 unspecified atom stereocenters. The van der Waals surface area contributed by atoms with E-state index in [1.807, 2.05) is 31.2 Å². The molecule has 0 atom stereocenters. The van der Waals surface area contributed by atoms with Gasteiger partial charge in [0.2, 0.25) is 0 Å². The fraction of sp³-hybridized carbons (Fsp3) is 0.333. The summed E-state index contributed by atoms with van der Waals surface area (Å²) in [7, 11) is 0. The van der Waals surface area contributed by atoms with Crippen LogP contribution in [0.15, 0.2) is 47.0 Å². The third kappa shape index (κ3) is 3.98. The van der Waals surface area contributed by atoms with Crippen LogP contribution in [0.3, 0.4) is 0 Å². The molecule has 1 aromatic rings. The van der Waals surface area contributed by atoms with Crippen LogP contribution < -0.4 is 4.74 Å². The lowest BCUT2D eigenvalue weighted by Gasteiger charge is -2.15. The van der Waals surface area contributed by atoms with Gasteiger partial charge in [-0.05, 0) is 42.7 Å². The van der Waals surface area contributed by atoms with Gasteiger partial charge in [-0.1, -0.05) is 43.2 Å². The highest BCUT2D eigenvalue weighted by Gasteiger charge is 2.16. The molecule has 21 heavy (non-hydrogen) atoms. The van der Waals surface area contributed by atoms with Gasteiger partial charge in [0.1, 0.15) is 11.6 Å². The predicted molar refractivity (Wildman–Crippen MR) is 87.1 cm³/mol. The minimum absolute atomic E-state index is 0.269. The molecular formula is C18H20ClFO. The first-order valence-electron chi connectivity index (χ1n) is 7.28. The van der Waals surface area contributed by atoms with Crippen LogP contribution in [0, 0.1) is 5.82 Å². The second-order valence-electron chi connectivity index (χ2n) is 5.10. The van der Waals surface area contributed by atoms with E-state index in [4.69, 9.17) is 16.3 Å². The summed E-state index contributed by atoms with van der Waals surface area (Å²) in [5.41, 5.74) is 2.35. The summed E-state index contributed by atoms with van der Waals surface area (Å²) < 4.78 is 20.1. The van der Waals surface area contributed by atoms with Crippen molar-refractivity contribution >= 4 is 17.2 Å². The summed E-state index contributed by atoms with van der Waals surface area (Å²) in [5, 5.41) is 0.745. The van der Waals surface area contributed by atoms with Gasteiger partial charge in [0, 0.05) is 11.5 Å². The molecule has 1 aliphatic rings. The zero-order valence-electron chi connectivity index (χ0n) is 12.5. The van der Waals surface area contributed by atoms with Crippen molar-refractivity contribution in [3.05, 3.63) is 58.4 Å². The van der Waals surface area contributed by atoms with Crippen molar-refractivity contribution in [2.24, 2.45) is 0 Å². The van der Waals surface area contributed by atoms with Gasteiger partial charge in [0.15, 0.2) is 0 Å². The third-order valence-electron chi connectivity index (χ3n) is 3.46. The fourth-order valence-electron chi connectivity index (χ4n) is 2.23. The molecule has 2 rings (SSSR count). The Bertz CT molecular complexity index is 599. The standard InChI is InChI=1S/C18H20ClFO/c1-3-4-12-21-17-7-5-6-16(20)18(17)15-11-10-14(19)9-8-13(15)2/h5-8,10-11H,3-4,9,12H2,1-2H3. The van der Waals surface area contributed by atoms with E-state index in [0.29, 0.717) is 24.3 Å². The molecule has 0 amide bonds.